The lowest BCUT2D eigenvalue weighted by atomic mass is 10.1. The maximum Gasteiger partial charge on any atom is 0.257 e. The third kappa shape index (κ3) is 3.79. The van der Waals surface area contributed by atoms with Crippen LogP contribution in [-0.2, 0) is 27.8 Å². The lowest BCUT2D eigenvalue weighted by molar-refractivity contribution is -0.116. The summed E-state index contributed by atoms with van der Waals surface area (Å²) < 4.78 is 33.1. The summed E-state index contributed by atoms with van der Waals surface area (Å²) in [6, 6.07) is 14.0. The minimum absolute atomic E-state index is 0.00384. The Labute approximate surface area is 168 Å². The Balaban J connectivity index is 1.50. The highest BCUT2D eigenvalue weighted by Crippen LogP contribution is 2.33. The van der Waals surface area contributed by atoms with Gasteiger partial charge in [0.1, 0.15) is 0 Å². The summed E-state index contributed by atoms with van der Waals surface area (Å²) in [6.45, 7) is 3.35. The molecule has 1 aliphatic rings. The summed E-state index contributed by atoms with van der Waals surface area (Å²) in [4.78, 5) is 17.9. The van der Waals surface area contributed by atoms with Gasteiger partial charge in [0.05, 0.1) is 11.4 Å². The van der Waals surface area contributed by atoms with Gasteiger partial charge in [0.25, 0.3) is 5.89 Å². The molecule has 0 fully saturated rings. The number of hydrogen-bond donors (Lipinski definition) is 1. The highest BCUT2D eigenvalue weighted by Gasteiger charge is 2.30. The maximum atomic E-state index is 12.7. The van der Waals surface area contributed by atoms with E-state index in [2.05, 4.69) is 14.9 Å². The SMILES string of the molecule is CC(=O)N1c2ccc(S(=O)(=O)NCc3noc(-c4ccccc4)n3)cc2C[C@H]1C. The Bertz CT molecular complexity index is 1160. The first-order valence-corrected chi connectivity index (χ1v) is 10.6. The molecule has 1 aromatic heterocycles. The van der Waals surface area contributed by atoms with Gasteiger partial charge in [0, 0.05) is 24.2 Å². The fraction of sp³-hybridized carbons (Fsp3) is 0.250. The van der Waals surface area contributed by atoms with E-state index in [4.69, 9.17) is 4.52 Å². The predicted molar refractivity (Wildman–Crippen MR) is 107 cm³/mol. The number of aromatic nitrogens is 2. The molecule has 29 heavy (non-hydrogen) atoms. The number of benzene rings is 2. The van der Waals surface area contributed by atoms with Crippen molar-refractivity contribution in [2.45, 2.75) is 37.8 Å². The molecule has 1 N–H and O–H groups in total. The Morgan fingerprint density at radius 1 is 1.24 bits per heavy atom. The van der Waals surface area contributed by atoms with Crippen molar-refractivity contribution < 1.29 is 17.7 Å². The first-order chi connectivity index (χ1) is 13.8. The van der Waals surface area contributed by atoms with Crippen LogP contribution in [0.5, 0.6) is 0 Å². The van der Waals surface area contributed by atoms with Crippen LogP contribution in [0.2, 0.25) is 0 Å². The van der Waals surface area contributed by atoms with Crippen LogP contribution in [-0.4, -0.2) is 30.5 Å². The topological polar surface area (TPSA) is 105 Å². The molecule has 1 amide bonds. The molecular formula is C20H20N4O4S. The van der Waals surface area contributed by atoms with E-state index in [9.17, 15) is 13.2 Å². The number of rotatable bonds is 5. The minimum Gasteiger partial charge on any atom is -0.334 e. The van der Waals surface area contributed by atoms with E-state index < -0.39 is 10.0 Å². The number of hydrogen-bond acceptors (Lipinski definition) is 6. The fourth-order valence-electron chi connectivity index (χ4n) is 3.52. The van der Waals surface area contributed by atoms with Gasteiger partial charge in [-0.25, -0.2) is 13.1 Å². The molecule has 3 aromatic rings. The van der Waals surface area contributed by atoms with Gasteiger partial charge in [0.15, 0.2) is 5.82 Å². The number of nitrogens with zero attached hydrogens (tertiary/aromatic N) is 3. The molecule has 2 aromatic carbocycles. The molecule has 2 heterocycles. The monoisotopic (exact) mass is 412 g/mol. The highest BCUT2D eigenvalue weighted by molar-refractivity contribution is 7.89. The smallest absolute Gasteiger partial charge is 0.257 e. The zero-order valence-electron chi connectivity index (χ0n) is 16.0. The van der Waals surface area contributed by atoms with Crippen molar-refractivity contribution in [1.82, 2.24) is 14.9 Å². The average Bonchev–Trinajstić information content (AvgIpc) is 3.30. The number of amides is 1. The first kappa shape index (κ1) is 19.3. The summed E-state index contributed by atoms with van der Waals surface area (Å²) in [5.41, 5.74) is 2.35. The lowest BCUT2D eigenvalue weighted by Gasteiger charge is -2.20. The van der Waals surface area contributed by atoms with Gasteiger partial charge in [-0.05, 0) is 49.2 Å². The number of nitrogens with one attached hydrogen (secondary N) is 1. The van der Waals surface area contributed by atoms with Crippen molar-refractivity contribution in [3.63, 3.8) is 0 Å². The molecule has 0 unspecified atom stereocenters. The number of carbonyl (C=O) groups is 1. The third-order valence-corrected chi connectivity index (χ3v) is 6.22. The van der Waals surface area contributed by atoms with Gasteiger partial charge in [-0.3, -0.25) is 4.79 Å². The van der Waals surface area contributed by atoms with Crippen LogP contribution in [0.4, 0.5) is 5.69 Å². The molecule has 150 valence electrons. The molecule has 0 saturated heterocycles. The van der Waals surface area contributed by atoms with Crippen LogP contribution >= 0.6 is 0 Å². The maximum absolute atomic E-state index is 12.7. The lowest BCUT2D eigenvalue weighted by Crippen LogP contribution is -2.33. The number of anilines is 1. The summed E-state index contributed by atoms with van der Waals surface area (Å²) in [6.07, 6.45) is 0.615. The molecule has 8 nitrogen and oxygen atoms in total. The van der Waals surface area contributed by atoms with Crippen molar-refractivity contribution >= 4 is 21.6 Å². The molecule has 0 radical (unpaired) electrons. The van der Waals surface area contributed by atoms with Crippen LogP contribution in [0, 0.1) is 0 Å². The highest BCUT2D eigenvalue weighted by atomic mass is 32.2. The van der Waals surface area contributed by atoms with Gasteiger partial charge in [-0.15, -0.1) is 0 Å². The minimum atomic E-state index is -3.77. The second-order valence-corrected chi connectivity index (χ2v) is 8.71. The summed E-state index contributed by atoms with van der Waals surface area (Å²) in [7, 11) is -3.77. The standard InChI is InChI=1S/C20H20N4O4S/c1-13-10-16-11-17(8-9-18(16)24(13)14(2)25)29(26,27)21-12-19-22-20(28-23-19)15-6-4-3-5-7-15/h3-9,11,13,21H,10,12H2,1-2H3/t13-/m1/s1. The average molecular weight is 412 g/mol. The van der Waals surface area contributed by atoms with Crippen molar-refractivity contribution in [3.05, 3.63) is 59.9 Å². The summed E-state index contributed by atoms with van der Waals surface area (Å²) in [5, 5.41) is 3.83. The Hall–Kier alpha value is -3.04. The normalized spacial score (nSPS) is 16.1. The second kappa shape index (κ2) is 7.41. The molecule has 0 saturated carbocycles. The molecule has 0 spiro atoms. The van der Waals surface area contributed by atoms with Gasteiger partial charge >= 0.3 is 0 Å². The van der Waals surface area contributed by atoms with Crippen LogP contribution < -0.4 is 9.62 Å². The van der Waals surface area contributed by atoms with E-state index in [1.165, 1.54) is 13.0 Å². The first-order valence-electron chi connectivity index (χ1n) is 9.15. The predicted octanol–water partition coefficient (Wildman–Crippen LogP) is 2.51. The van der Waals surface area contributed by atoms with E-state index in [0.29, 0.717) is 12.3 Å². The Morgan fingerprint density at radius 3 is 2.72 bits per heavy atom. The quantitative estimate of drug-likeness (QED) is 0.690. The Kier molecular flexibility index (Phi) is 4.93. The van der Waals surface area contributed by atoms with Gasteiger partial charge in [0.2, 0.25) is 15.9 Å². The van der Waals surface area contributed by atoms with Crippen molar-refractivity contribution in [1.29, 1.82) is 0 Å². The Morgan fingerprint density at radius 2 is 2.00 bits per heavy atom. The summed E-state index contributed by atoms with van der Waals surface area (Å²) in [5.74, 6) is 0.511. The molecule has 1 atom stereocenters. The number of carbonyl (C=O) groups excluding carboxylic acids is 1. The number of fused-ring (bicyclic) bond motifs is 1. The van der Waals surface area contributed by atoms with Crippen molar-refractivity contribution in [2.24, 2.45) is 0 Å². The van der Waals surface area contributed by atoms with E-state index in [-0.39, 0.29) is 29.2 Å². The van der Waals surface area contributed by atoms with Gasteiger partial charge in [-0.1, -0.05) is 23.4 Å². The van der Waals surface area contributed by atoms with E-state index in [1.54, 1.807) is 17.0 Å². The third-order valence-electron chi connectivity index (χ3n) is 4.83. The van der Waals surface area contributed by atoms with E-state index in [0.717, 1.165) is 16.8 Å². The molecule has 9 heteroatoms. The molecule has 0 aliphatic carbocycles. The largest absolute Gasteiger partial charge is 0.334 e. The van der Waals surface area contributed by atoms with Gasteiger partial charge < -0.3 is 9.42 Å². The second-order valence-electron chi connectivity index (χ2n) is 6.94. The molecule has 1 aliphatic heterocycles. The summed E-state index contributed by atoms with van der Waals surface area (Å²) >= 11 is 0. The molecular weight excluding hydrogens is 392 g/mol. The van der Waals surface area contributed by atoms with Crippen LogP contribution in [0.25, 0.3) is 11.5 Å². The van der Waals surface area contributed by atoms with Crippen LogP contribution in [0.3, 0.4) is 0 Å². The fourth-order valence-corrected chi connectivity index (χ4v) is 4.55. The molecule has 0 bridgehead atoms. The molecule has 4 rings (SSSR count). The zero-order valence-corrected chi connectivity index (χ0v) is 16.8. The van der Waals surface area contributed by atoms with Crippen molar-refractivity contribution in [3.8, 4) is 11.5 Å². The number of sulfonamides is 1. The van der Waals surface area contributed by atoms with Crippen LogP contribution in [0.15, 0.2) is 57.9 Å². The van der Waals surface area contributed by atoms with Crippen molar-refractivity contribution in [2.75, 3.05) is 4.90 Å². The van der Waals surface area contributed by atoms with E-state index >= 15 is 0 Å². The van der Waals surface area contributed by atoms with E-state index in [1.807, 2.05) is 37.3 Å². The van der Waals surface area contributed by atoms with Crippen LogP contribution in [0.1, 0.15) is 25.2 Å². The zero-order chi connectivity index (χ0) is 20.6. The van der Waals surface area contributed by atoms with Gasteiger partial charge in [-0.2, -0.15) is 4.98 Å².